The van der Waals surface area contributed by atoms with Crippen molar-refractivity contribution in [3.8, 4) is 0 Å². The molecule has 1 saturated heterocycles. The highest BCUT2D eigenvalue weighted by molar-refractivity contribution is 7.99. The third-order valence-corrected chi connectivity index (χ3v) is 5.37. The van der Waals surface area contributed by atoms with E-state index in [0.717, 1.165) is 28.0 Å². The minimum Gasteiger partial charge on any atom is -0.380 e. The number of hydrogen-bond acceptors (Lipinski definition) is 3. The van der Waals surface area contributed by atoms with Gasteiger partial charge in [0.25, 0.3) is 5.91 Å². The molecule has 2 aromatic rings. The number of nitrogens with one attached hydrogen (secondary N) is 2. The molecule has 22 heavy (non-hydrogen) atoms. The molecule has 0 saturated carbocycles. The zero-order valence-corrected chi connectivity index (χ0v) is 13.8. The molecule has 1 aliphatic heterocycles. The molecular weight excluding hydrogens is 320 g/mol. The van der Waals surface area contributed by atoms with E-state index in [4.69, 9.17) is 11.6 Å². The molecule has 118 valence electrons. The first-order valence-electron chi connectivity index (χ1n) is 7.42. The number of carbonyl (C=O) groups excluding carboxylic acids is 1. The van der Waals surface area contributed by atoms with Crippen LogP contribution in [-0.4, -0.2) is 39.6 Å². The van der Waals surface area contributed by atoms with E-state index in [9.17, 15) is 9.90 Å². The average molecular weight is 339 g/mol. The fourth-order valence-corrected chi connectivity index (χ4v) is 4.11. The van der Waals surface area contributed by atoms with Gasteiger partial charge in [-0.25, -0.2) is 0 Å². The van der Waals surface area contributed by atoms with Gasteiger partial charge in [0.05, 0.1) is 0 Å². The number of thioether (sulfide) groups is 1. The molecule has 3 N–H and O–H groups in total. The fourth-order valence-electron chi connectivity index (χ4n) is 2.77. The largest absolute Gasteiger partial charge is 0.380 e. The van der Waals surface area contributed by atoms with E-state index in [1.165, 1.54) is 0 Å². The van der Waals surface area contributed by atoms with Crippen molar-refractivity contribution in [2.75, 3.05) is 18.1 Å². The highest BCUT2D eigenvalue weighted by Crippen LogP contribution is 2.27. The second-order valence-corrected chi connectivity index (χ2v) is 7.31. The van der Waals surface area contributed by atoms with Crippen LogP contribution in [0.2, 0.25) is 5.02 Å². The van der Waals surface area contributed by atoms with Gasteiger partial charge in [-0.05, 0) is 54.5 Å². The predicted octanol–water partition coefficient (Wildman–Crippen LogP) is 2.74. The maximum atomic E-state index is 12.2. The van der Waals surface area contributed by atoms with Crippen molar-refractivity contribution in [3.05, 3.63) is 35.0 Å². The summed E-state index contributed by atoms with van der Waals surface area (Å²) >= 11 is 7.82. The number of rotatable bonds is 4. The van der Waals surface area contributed by atoms with Crippen LogP contribution in [-0.2, 0) is 11.2 Å². The summed E-state index contributed by atoms with van der Waals surface area (Å²) in [5.41, 5.74) is 0.965. The first-order chi connectivity index (χ1) is 10.6. The Labute approximate surface area is 138 Å². The second-order valence-electron chi connectivity index (χ2n) is 5.65. The summed E-state index contributed by atoms with van der Waals surface area (Å²) in [6.45, 7) is 0.508. The molecule has 0 atom stereocenters. The van der Waals surface area contributed by atoms with Crippen LogP contribution in [0.15, 0.2) is 24.4 Å². The molecule has 0 spiro atoms. The summed E-state index contributed by atoms with van der Waals surface area (Å²) in [6, 6.07) is 5.72. The highest BCUT2D eigenvalue weighted by atomic mass is 35.5. The van der Waals surface area contributed by atoms with Gasteiger partial charge >= 0.3 is 0 Å². The third kappa shape index (κ3) is 3.26. The van der Waals surface area contributed by atoms with Gasteiger partial charge in [0, 0.05) is 28.7 Å². The lowest BCUT2D eigenvalue weighted by Crippen LogP contribution is -2.49. The number of aromatic amines is 1. The van der Waals surface area contributed by atoms with E-state index in [0.29, 0.717) is 30.8 Å². The van der Waals surface area contributed by atoms with Crippen molar-refractivity contribution < 1.29 is 9.90 Å². The van der Waals surface area contributed by atoms with Crippen molar-refractivity contribution >= 4 is 40.2 Å². The first-order valence-corrected chi connectivity index (χ1v) is 8.96. The molecule has 0 bridgehead atoms. The van der Waals surface area contributed by atoms with Crippen molar-refractivity contribution in [2.45, 2.75) is 24.9 Å². The molecule has 4 nitrogen and oxygen atoms in total. The summed E-state index contributed by atoms with van der Waals surface area (Å²) in [6.07, 6.45) is 3.72. The van der Waals surface area contributed by atoms with E-state index in [1.54, 1.807) is 11.8 Å². The number of amides is 1. The summed E-state index contributed by atoms with van der Waals surface area (Å²) in [4.78, 5) is 15.4. The monoisotopic (exact) mass is 338 g/mol. The second kappa shape index (κ2) is 6.52. The summed E-state index contributed by atoms with van der Waals surface area (Å²) in [7, 11) is 0. The highest BCUT2D eigenvalue weighted by Gasteiger charge is 2.36. The van der Waals surface area contributed by atoms with Gasteiger partial charge in [-0.3, -0.25) is 4.79 Å². The minimum atomic E-state index is -1.19. The first kappa shape index (κ1) is 15.7. The number of carbonyl (C=O) groups is 1. The molecule has 1 aliphatic rings. The Morgan fingerprint density at radius 1 is 1.41 bits per heavy atom. The van der Waals surface area contributed by atoms with Crippen LogP contribution in [0.1, 0.15) is 18.4 Å². The van der Waals surface area contributed by atoms with E-state index in [-0.39, 0.29) is 5.91 Å². The number of aliphatic hydroxyl groups is 1. The molecule has 0 unspecified atom stereocenters. The molecule has 6 heteroatoms. The minimum absolute atomic E-state index is 0.245. The van der Waals surface area contributed by atoms with Gasteiger partial charge in [-0.2, -0.15) is 11.8 Å². The average Bonchev–Trinajstić information content (AvgIpc) is 2.90. The Bertz CT molecular complexity index is 680. The van der Waals surface area contributed by atoms with Crippen molar-refractivity contribution in [3.63, 3.8) is 0 Å². The van der Waals surface area contributed by atoms with Gasteiger partial charge in [0.1, 0.15) is 5.60 Å². The Morgan fingerprint density at radius 2 is 2.18 bits per heavy atom. The van der Waals surface area contributed by atoms with E-state index in [2.05, 4.69) is 10.3 Å². The molecular formula is C16H19ClN2O2S. The summed E-state index contributed by atoms with van der Waals surface area (Å²) < 4.78 is 0. The lowest BCUT2D eigenvalue weighted by Gasteiger charge is -2.30. The van der Waals surface area contributed by atoms with Crippen molar-refractivity contribution in [1.82, 2.24) is 10.3 Å². The van der Waals surface area contributed by atoms with Crippen LogP contribution < -0.4 is 5.32 Å². The normalized spacial score (nSPS) is 17.5. The van der Waals surface area contributed by atoms with Gasteiger partial charge < -0.3 is 15.4 Å². The molecule has 0 aliphatic carbocycles. The van der Waals surface area contributed by atoms with Gasteiger partial charge in [0.15, 0.2) is 0 Å². The number of halogens is 1. The van der Waals surface area contributed by atoms with E-state index >= 15 is 0 Å². The lowest BCUT2D eigenvalue weighted by molar-refractivity contribution is -0.140. The van der Waals surface area contributed by atoms with E-state index in [1.807, 2.05) is 24.4 Å². The van der Waals surface area contributed by atoms with Gasteiger partial charge in [-0.15, -0.1) is 0 Å². The molecule has 0 radical (unpaired) electrons. The van der Waals surface area contributed by atoms with Gasteiger partial charge in [-0.1, -0.05) is 11.6 Å². The smallest absolute Gasteiger partial charge is 0.252 e. The Kier molecular flexibility index (Phi) is 4.66. The predicted molar refractivity (Wildman–Crippen MR) is 91.5 cm³/mol. The Morgan fingerprint density at radius 3 is 2.95 bits per heavy atom. The number of aromatic nitrogens is 1. The van der Waals surface area contributed by atoms with Crippen LogP contribution >= 0.6 is 23.4 Å². The number of hydrogen-bond donors (Lipinski definition) is 3. The van der Waals surface area contributed by atoms with Crippen LogP contribution in [0.25, 0.3) is 10.9 Å². The topological polar surface area (TPSA) is 65.1 Å². The third-order valence-electron chi connectivity index (χ3n) is 4.15. The number of H-pyrrole nitrogens is 1. The SMILES string of the molecule is O=C(NCCc1c[nH]c2ccc(Cl)cc12)C1(O)CCSCC1. The van der Waals surface area contributed by atoms with Crippen LogP contribution in [0, 0.1) is 0 Å². The zero-order valence-electron chi connectivity index (χ0n) is 12.2. The fraction of sp³-hybridized carbons (Fsp3) is 0.438. The Hall–Kier alpha value is -1.17. The molecule has 1 fully saturated rings. The molecule has 1 aromatic heterocycles. The van der Waals surface area contributed by atoms with Crippen molar-refractivity contribution in [2.24, 2.45) is 0 Å². The quantitative estimate of drug-likeness (QED) is 0.803. The summed E-state index contributed by atoms with van der Waals surface area (Å²) in [5.74, 6) is 1.43. The number of fused-ring (bicyclic) bond motifs is 1. The number of benzene rings is 1. The molecule has 1 aromatic carbocycles. The van der Waals surface area contributed by atoms with Crippen LogP contribution in [0.4, 0.5) is 0 Å². The van der Waals surface area contributed by atoms with Crippen LogP contribution in [0.3, 0.4) is 0 Å². The standard InChI is InChI=1S/C16H19ClN2O2S/c17-12-1-2-14-13(9-12)11(10-19-14)3-6-18-15(20)16(21)4-7-22-8-5-16/h1-2,9-10,19,21H,3-8H2,(H,18,20). The Balaban J connectivity index is 1.60. The van der Waals surface area contributed by atoms with Gasteiger partial charge in [0.2, 0.25) is 0 Å². The van der Waals surface area contributed by atoms with E-state index < -0.39 is 5.60 Å². The van der Waals surface area contributed by atoms with Crippen LogP contribution in [0.5, 0.6) is 0 Å². The molecule has 2 heterocycles. The maximum absolute atomic E-state index is 12.2. The molecule has 1 amide bonds. The molecule has 3 rings (SSSR count). The zero-order chi connectivity index (χ0) is 15.6. The summed E-state index contributed by atoms with van der Waals surface area (Å²) in [5, 5.41) is 15.0. The maximum Gasteiger partial charge on any atom is 0.252 e. The van der Waals surface area contributed by atoms with Crippen molar-refractivity contribution in [1.29, 1.82) is 0 Å². The lowest BCUT2D eigenvalue weighted by atomic mass is 9.96.